The number of ether oxygens (including phenoxy) is 1. The van der Waals surface area contributed by atoms with Crippen LogP contribution in [-0.4, -0.2) is 34.2 Å². The minimum atomic E-state index is -0.735. The third-order valence-corrected chi connectivity index (χ3v) is 5.19. The van der Waals surface area contributed by atoms with E-state index in [1.54, 1.807) is 6.92 Å². The molecule has 1 amide bonds. The van der Waals surface area contributed by atoms with E-state index in [0.717, 1.165) is 16.3 Å². The minimum absolute atomic E-state index is 0.268. The van der Waals surface area contributed by atoms with Crippen molar-refractivity contribution in [3.63, 3.8) is 0 Å². The topological polar surface area (TPSA) is 46.6 Å². The molecule has 3 rings (SSSR count). The van der Waals surface area contributed by atoms with Crippen molar-refractivity contribution in [1.29, 1.82) is 0 Å². The summed E-state index contributed by atoms with van der Waals surface area (Å²) in [6.07, 6.45) is 1.83. The number of carbonyl (C=O) groups excluding carboxylic acids is 2. The number of esters is 1. The summed E-state index contributed by atoms with van der Waals surface area (Å²) in [4.78, 5) is 26.2. The number of fused-ring (bicyclic) bond motifs is 1. The predicted octanol–water partition coefficient (Wildman–Crippen LogP) is 3.60. The van der Waals surface area contributed by atoms with Crippen molar-refractivity contribution in [2.75, 3.05) is 7.11 Å². The monoisotopic (exact) mass is 357 g/mol. The fraction of sp³-hybridized carbons (Fsp3) is 0.167. The Morgan fingerprint density at radius 1 is 1.25 bits per heavy atom. The number of carbonyl (C=O) groups is 2. The number of thioether (sulfide) groups is 1. The second-order valence-corrected chi connectivity index (χ2v) is 6.99. The fourth-order valence-electron chi connectivity index (χ4n) is 2.61. The highest BCUT2D eigenvalue weighted by Crippen LogP contribution is 2.35. The van der Waals surface area contributed by atoms with Gasteiger partial charge in [0.1, 0.15) is 10.4 Å². The maximum absolute atomic E-state index is 12.7. The van der Waals surface area contributed by atoms with Gasteiger partial charge in [-0.2, -0.15) is 0 Å². The second kappa shape index (κ2) is 6.75. The summed E-state index contributed by atoms with van der Waals surface area (Å²) in [5.74, 6) is -0.756. The Morgan fingerprint density at radius 2 is 1.96 bits per heavy atom. The van der Waals surface area contributed by atoms with Crippen LogP contribution < -0.4 is 0 Å². The van der Waals surface area contributed by atoms with Crippen LogP contribution in [0.4, 0.5) is 0 Å². The molecule has 0 N–H and O–H groups in total. The summed E-state index contributed by atoms with van der Waals surface area (Å²) in [6, 6.07) is 13.2. The molecular weight excluding hydrogens is 342 g/mol. The predicted molar refractivity (Wildman–Crippen MR) is 100 cm³/mol. The van der Waals surface area contributed by atoms with Crippen LogP contribution in [0.25, 0.3) is 16.8 Å². The molecule has 2 aromatic rings. The highest BCUT2D eigenvalue weighted by atomic mass is 32.2. The number of nitrogens with zero attached hydrogens (tertiary/aromatic N) is 1. The van der Waals surface area contributed by atoms with Crippen LogP contribution in [0.1, 0.15) is 12.5 Å². The lowest BCUT2D eigenvalue weighted by atomic mass is 10.0. The van der Waals surface area contributed by atoms with Gasteiger partial charge in [0.2, 0.25) is 0 Å². The Kier molecular flexibility index (Phi) is 4.69. The van der Waals surface area contributed by atoms with Gasteiger partial charge in [0, 0.05) is 0 Å². The first-order valence-electron chi connectivity index (χ1n) is 7.35. The maximum Gasteiger partial charge on any atom is 0.328 e. The number of hydrogen-bond donors (Lipinski definition) is 0. The van der Waals surface area contributed by atoms with Crippen molar-refractivity contribution in [3.8, 4) is 0 Å². The Hall–Kier alpha value is -2.18. The van der Waals surface area contributed by atoms with Crippen LogP contribution in [0.2, 0.25) is 0 Å². The lowest BCUT2D eigenvalue weighted by molar-refractivity contribution is -0.147. The van der Waals surface area contributed by atoms with Gasteiger partial charge in [-0.15, -0.1) is 0 Å². The minimum Gasteiger partial charge on any atom is -0.467 e. The molecule has 1 saturated heterocycles. The van der Waals surface area contributed by atoms with E-state index in [2.05, 4.69) is 0 Å². The first kappa shape index (κ1) is 16.7. The Bertz CT molecular complexity index is 870. The smallest absolute Gasteiger partial charge is 0.328 e. The Labute approximate surface area is 149 Å². The molecule has 0 radical (unpaired) electrons. The molecule has 1 aliphatic rings. The molecule has 4 nitrogen and oxygen atoms in total. The summed E-state index contributed by atoms with van der Waals surface area (Å²) in [7, 11) is 1.29. The summed E-state index contributed by atoms with van der Waals surface area (Å²) >= 11 is 6.47. The van der Waals surface area contributed by atoms with Crippen LogP contribution in [0, 0.1) is 0 Å². The van der Waals surface area contributed by atoms with Crippen LogP contribution in [-0.2, 0) is 14.3 Å². The van der Waals surface area contributed by atoms with Gasteiger partial charge in [0.15, 0.2) is 0 Å². The van der Waals surface area contributed by atoms with Gasteiger partial charge >= 0.3 is 5.97 Å². The number of amides is 1. The van der Waals surface area contributed by atoms with Gasteiger partial charge in [-0.25, -0.2) is 4.79 Å². The molecule has 0 spiro atoms. The highest BCUT2D eigenvalue weighted by molar-refractivity contribution is 8.26. The first-order chi connectivity index (χ1) is 11.5. The Morgan fingerprint density at radius 3 is 2.71 bits per heavy atom. The number of hydrogen-bond acceptors (Lipinski definition) is 5. The molecule has 1 aliphatic heterocycles. The summed E-state index contributed by atoms with van der Waals surface area (Å²) < 4.78 is 5.08. The molecular formula is C18H15NO3S2. The van der Waals surface area contributed by atoms with Gasteiger partial charge < -0.3 is 4.74 Å². The van der Waals surface area contributed by atoms with E-state index in [-0.39, 0.29) is 5.91 Å². The largest absolute Gasteiger partial charge is 0.467 e. The summed E-state index contributed by atoms with van der Waals surface area (Å²) in [6.45, 7) is 1.61. The zero-order chi connectivity index (χ0) is 17.3. The number of rotatable bonds is 3. The molecule has 0 aliphatic carbocycles. The zero-order valence-corrected chi connectivity index (χ0v) is 14.8. The number of benzene rings is 2. The van der Waals surface area contributed by atoms with E-state index in [4.69, 9.17) is 17.0 Å². The molecule has 0 saturated carbocycles. The van der Waals surface area contributed by atoms with Crippen molar-refractivity contribution >= 4 is 57.0 Å². The van der Waals surface area contributed by atoms with Gasteiger partial charge in [0.25, 0.3) is 5.91 Å². The zero-order valence-electron chi connectivity index (χ0n) is 13.2. The molecule has 1 fully saturated rings. The van der Waals surface area contributed by atoms with E-state index in [1.807, 2.05) is 48.5 Å². The SMILES string of the molecule is COC(=O)[C@H](C)N1C(=O)/C(=C/c2cccc3ccccc23)SC1=S. The van der Waals surface area contributed by atoms with Crippen molar-refractivity contribution in [2.45, 2.75) is 13.0 Å². The molecule has 122 valence electrons. The van der Waals surface area contributed by atoms with E-state index in [9.17, 15) is 9.59 Å². The summed E-state index contributed by atoms with van der Waals surface area (Å²) in [5.41, 5.74) is 0.944. The van der Waals surface area contributed by atoms with E-state index < -0.39 is 12.0 Å². The lowest BCUT2D eigenvalue weighted by Gasteiger charge is -2.20. The van der Waals surface area contributed by atoms with Crippen molar-refractivity contribution < 1.29 is 14.3 Å². The quantitative estimate of drug-likeness (QED) is 0.477. The lowest BCUT2D eigenvalue weighted by Crippen LogP contribution is -2.42. The van der Waals surface area contributed by atoms with Gasteiger partial charge in [-0.1, -0.05) is 66.4 Å². The third kappa shape index (κ3) is 2.95. The van der Waals surface area contributed by atoms with Gasteiger partial charge in [0.05, 0.1) is 12.0 Å². The number of methoxy groups -OCH3 is 1. The average Bonchev–Trinajstić information content (AvgIpc) is 2.87. The first-order valence-corrected chi connectivity index (χ1v) is 8.58. The normalized spacial score (nSPS) is 17.6. The average molecular weight is 357 g/mol. The highest BCUT2D eigenvalue weighted by Gasteiger charge is 2.38. The van der Waals surface area contributed by atoms with Crippen molar-refractivity contribution in [3.05, 3.63) is 52.9 Å². The number of thiocarbonyl (C=S) groups is 1. The van der Waals surface area contributed by atoms with Gasteiger partial charge in [-0.05, 0) is 29.3 Å². The van der Waals surface area contributed by atoms with Crippen LogP contribution >= 0.6 is 24.0 Å². The van der Waals surface area contributed by atoms with E-state index >= 15 is 0 Å². The van der Waals surface area contributed by atoms with E-state index in [0.29, 0.717) is 9.23 Å². The molecule has 1 heterocycles. The standard InChI is InChI=1S/C18H15NO3S2/c1-11(17(21)22-2)19-16(20)15(24-18(19)23)10-13-8-5-7-12-6-3-4-9-14(12)13/h3-11H,1-2H3/b15-10-/t11-/m0/s1. The van der Waals surface area contributed by atoms with Crippen molar-refractivity contribution in [2.24, 2.45) is 0 Å². The third-order valence-electron chi connectivity index (χ3n) is 3.86. The Balaban J connectivity index is 1.98. The van der Waals surface area contributed by atoms with Gasteiger partial charge in [-0.3, -0.25) is 9.69 Å². The molecule has 1 atom stereocenters. The molecule has 0 bridgehead atoms. The molecule has 2 aromatic carbocycles. The maximum atomic E-state index is 12.7. The van der Waals surface area contributed by atoms with Crippen LogP contribution in [0.15, 0.2) is 47.4 Å². The van der Waals surface area contributed by atoms with Crippen molar-refractivity contribution in [1.82, 2.24) is 4.90 Å². The van der Waals surface area contributed by atoms with Crippen LogP contribution in [0.5, 0.6) is 0 Å². The molecule has 0 aromatic heterocycles. The molecule has 6 heteroatoms. The van der Waals surface area contributed by atoms with E-state index in [1.165, 1.54) is 23.8 Å². The second-order valence-electron chi connectivity index (χ2n) is 5.32. The fourth-order valence-corrected chi connectivity index (χ4v) is 4.02. The molecule has 0 unspecified atom stereocenters. The summed E-state index contributed by atoms with van der Waals surface area (Å²) in [5, 5.41) is 2.16. The molecule has 24 heavy (non-hydrogen) atoms. The van der Waals surface area contributed by atoms with Crippen LogP contribution in [0.3, 0.4) is 0 Å².